The van der Waals surface area contributed by atoms with Crippen LogP contribution in [0.1, 0.15) is 33.1 Å². The van der Waals surface area contributed by atoms with Crippen molar-refractivity contribution in [2.45, 2.75) is 33.1 Å². The summed E-state index contributed by atoms with van der Waals surface area (Å²) in [6, 6.07) is 0. The quantitative estimate of drug-likeness (QED) is 0.662. The van der Waals surface area contributed by atoms with Crippen LogP contribution in [0.3, 0.4) is 0 Å². The average Bonchev–Trinajstić information content (AvgIpc) is 1.79. The number of hydrogen-bond acceptors (Lipinski definition) is 0. The van der Waals surface area contributed by atoms with Crippen LogP contribution in [0.4, 0.5) is 0 Å². The van der Waals surface area contributed by atoms with Gasteiger partial charge in [-0.25, -0.2) is 0 Å². The van der Waals surface area contributed by atoms with Gasteiger partial charge in [0.1, 0.15) is 0 Å². The first kappa shape index (κ1) is 14.6. The first-order chi connectivity index (χ1) is 4.27. The van der Waals surface area contributed by atoms with E-state index in [1.165, 1.54) is 19.3 Å². The molecule has 1 nitrogen and oxygen atoms in total. The Hall–Kier alpha value is 1.06. The molecule has 65 valence electrons. The molecule has 1 aliphatic heterocycles. The van der Waals surface area contributed by atoms with Gasteiger partial charge in [0.15, 0.2) is 0 Å². The third kappa shape index (κ3) is 4.60. The van der Waals surface area contributed by atoms with Gasteiger partial charge < -0.3 is 12.7 Å². The largest absolute Gasteiger partial charge is 0.661 e. The predicted octanol–water partition coefficient (Wildman–Crippen LogP) is 3.02. The fourth-order valence-electron chi connectivity index (χ4n) is 1.26. The minimum Gasteiger partial charge on any atom is -0.661 e. The fourth-order valence-corrected chi connectivity index (χ4v) is 1.26. The van der Waals surface area contributed by atoms with Crippen LogP contribution >= 0.6 is 0 Å². The van der Waals surface area contributed by atoms with E-state index in [-0.39, 0.29) is 40.1 Å². The van der Waals surface area contributed by atoms with Crippen LogP contribution in [-0.2, 0) is 32.7 Å². The van der Waals surface area contributed by atoms with E-state index in [0.29, 0.717) is 5.41 Å². The summed E-state index contributed by atoms with van der Waals surface area (Å²) in [6.07, 6.45) is 4.09. The molecule has 2 heteroatoms. The Morgan fingerprint density at radius 1 is 1.36 bits per heavy atom. The monoisotopic (exact) mass is 230 g/mol. The molecular formula is C9H19NY-2. The molecule has 1 rings (SSSR count). The van der Waals surface area contributed by atoms with Crippen molar-refractivity contribution in [2.75, 3.05) is 13.1 Å². The molecule has 1 aliphatic rings. The molecule has 0 atom stereocenters. The maximum absolute atomic E-state index is 4.22. The molecule has 0 unspecified atom stereocenters. The Morgan fingerprint density at radius 3 is 2.18 bits per heavy atom. The van der Waals surface area contributed by atoms with Crippen LogP contribution in [0.5, 0.6) is 0 Å². The van der Waals surface area contributed by atoms with Crippen LogP contribution in [0.2, 0.25) is 0 Å². The van der Waals surface area contributed by atoms with E-state index in [2.05, 4.69) is 19.2 Å². The van der Waals surface area contributed by atoms with E-state index < -0.39 is 0 Å². The zero-order valence-electron chi connectivity index (χ0n) is 8.06. The van der Waals surface area contributed by atoms with Gasteiger partial charge in [0.05, 0.1) is 0 Å². The molecule has 1 fully saturated rings. The molecule has 1 saturated heterocycles. The molecule has 0 aromatic rings. The standard InChI is InChI=1S/C8H16N.CH3.Y/c1-3-4-5-8(2)6-9-7-8;;/h3-7H2,1-2H3;1H3;/q2*-1;. The minimum atomic E-state index is 0. The molecule has 0 N–H and O–H groups in total. The summed E-state index contributed by atoms with van der Waals surface area (Å²) in [4.78, 5) is 0. The number of hydrogen-bond donors (Lipinski definition) is 0. The van der Waals surface area contributed by atoms with Crippen LogP contribution in [0.25, 0.3) is 5.32 Å². The van der Waals surface area contributed by atoms with Gasteiger partial charge >= 0.3 is 0 Å². The van der Waals surface area contributed by atoms with Crippen LogP contribution in [0.15, 0.2) is 0 Å². The maximum Gasteiger partial charge on any atom is 0 e. The SMILES string of the molecule is CCCCC1(C)C[N-]C1.[CH3-].[Y]. The van der Waals surface area contributed by atoms with E-state index >= 15 is 0 Å². The Labute approximate surface area is 96.6 Å². The van der Waals surface area contributed by atoms with Crippen molar-refractivity contribution in [1.82, 2.24) is 0 Å². The molecule has 11 heavy (non-hydrogen) atoms. The Balaban J connectivity index is 0. The van der Waals surface area contributed by atoms with Crippen molar-refractivity contribution < 1.29 is 32.7 Å². The fraction of sp³-hybridized carbons (Fsp3) is 0.889. The van der Waals surface area contributed by atoms with Gasteiger partial charge in [0.25, 0.3) is 0 Å². The summed E-state index contributed by atoms with van der Waals surface area (Å²) in [5.74, 6) is 0. The van der Waals surface area contributed by atoms with Crippen molar-refractivity contribution in [3.8, 4) is 0 Å². The number of rotatable bonds is 3. The molecule has 1 heterocycles. The Kier molecular flexibility index (Phi) is 8.70. The molecule has 1 radical (unpaired) electrons. The van der Waals surface area contributed by atoms with Crippen LogP contribution < -0.4 is 0 Å². The van der Waals surface area contributed by atoms with Gasteiger partial charge in [-0.15, -0.1) is 13.1 Å². The second kappa shape index (κ2) is 6.57. The summed E-state index contributed by atoms with van der Waals surface area (Å²) in [5.41, 5.74) is 0.607. The van der Waals surface area contributed by atoms with Crippen molar-refractivity contribution in [1.29, 1.82) is 0 Å². The van der Waals surface area contributed by atoms with Gasteiger partial charge in [-0.05, 0) is 0 Å². The Bertz CT molecular complexity index is 89.6. The van der Waals surface area contributed by atoms with Crippen LogP contribution in [-0.4, -0.2) is 13.1 Å². The first-order valence-electron chi connectivity index (χ1n) is 3.90. The predicted molar refractivity (Wildman–Crippen MR) is 47.1 cm³/mol. The average molecular weight is 230 g/mol. The third-order valence-electron chi connectivity index (χ3n) is 2.12. The van der Waals surface area contributed by atoms with Crippen molar-refractivity contribution in [3.63, 3.8) is 0 Å². The smallest absolute Gasteiger partial charge is 0 e. The molecular weight excluding hydrogens is 211 g/mol. The summed E-state index contributed by atoms with van der Waals surface area (Å²) in [5, 5.41) is 4.22. The van der Waals surface area contributed by atoms with Gasteiger partial charge in [-0.3, -0.25) is 0 Å². The topological polar surface area (TPSA) is 14.1 Å². The zero-order chi connectivity index (χ0) is 6.74. The number of unbranched alkanes of at least 4 members (excludes halogenated alkanes) is 1. The molecule has 0 amide bonds. The second-order valence-electron chi connectivity index (χ2n) is 3.45. The summed E-state index contributed by atoms with van der Waals surface area (Å²) in [7, 11) is 0. The molecule has 0 bridgehead atoms. The summed E-state index contributed by atoms with van der Waals surface area (Å²) in [6.45, 7) is 6.83. The van der Waals surface area contributed by atoms with E-state index in [0.717, 1.165) is 13.1 Å². The van der Waals surface area contributed by atoms with Gasteiger partial charge in [-0.2, -0.15) is 0 Å². The summed E-state index contributed by atoms with van der Waals surface area (Å²) < 4.78 is 0. The van der Waals surface area contributed by atoms with Crippen LogP contribution in [0, 0.1) is 12.8 Å². The molecule has 0 spiro atoms. The second-order valence-corrected chi connectivity index (χ2v) is 3.45. The van der Waals surface area contributed by atoms with E-state index in [1.54, 1.807) is 0 Å². The minimum absolute atomic E-state index is 0. The molecule has 0 saturated carbocycles. The third-order valence-corrected chi connectivity index (χ3v) is 2.12. The summed E-state index contributed by atoms with van der Waals surface area (Å²) >= 11 is 0. The molecule has 0 aliphatic carbocycles. The van der Waals surface area contributed by atoms with Crippen molar-refractivity contribution in [2.24, 2.45) is 5.41 Å². The van der Waals surface area contributed by atoms with Crippen molar-refractivity contribution >= 4 is 0 Å². The van der Waals surface area contributed by atoms with Gasteiger partial charge in [0, 0.05) is 32.7 Å². The first-order valence-corrected chi connectivity index (χ1v) is 3.90. The van der Waals surface area contributed by atoms with Gasteiger partial charge in [0.2, 0.25) is 0 Å². The van der Waals surface area contributed by atoms with Crippen molar-refractivity contribution in [3.05, 3.63) is 12.7 Å². The number of nitrogens with zero attached hydrogens (tertiary/aromatic N) is 1. The van der Waals surface area contributed by atoms with E-state index in [4.69, 9.17) is 0 Å². The zero-order valence-corrected chi connectivity index (χ0v) is 10.9. The maximum atomic E-state index is 4.22. The normalized spacial score (nSPS) is 19.1. The molecule has 0 aromatic heterocycles. The van der Waals surface area contributed by atoms with E-state index in [1.807, 2.05) is 0 Å². The molecule has 0 aromatic carbocycles. The Morgan fingerprint density at radius 2 is 1.91 bits per heavy atom. The van der Waals surface area contributed by atoms with Gasteiger partial charge in [-0.1, -0.05) is 38.5 Å². The van der Waals surface area contributed by atoms with E-state index in [9.17, 15) is 0 Å².